The minimum absolute atomic E-state index is 0.0355. The molecule has 0 aromatic heterocycles. The summed E-state index contributed by atoms with van der Waals surface area (Å²) in [4.78, 5) is 10.2. The highest BCUT2D eigenvalue weighted by atomic mass is 35.5. The normalized spacial score (nSPS) is 11.1. The van der Waals surface area contributed by atoms with Crippen molar-refractivity contribution >= 4 is 57.8 Å². The molecule has 0 aliphatic heterocycles. The zero-order valence-corrected chi connectivity index (χ0v) is 19.0. The van der Waals surface area contributed by atoms with E-state index in [9.17, 15) is 23.3 Å². The number of halogens is 7. The summed E-state index contributed by atoms with van der Waals surface area (Å²) in [5.41, 5.74) is -1.81. The van der Waals surface area contributed by atoms with E-state index < -0.39 is 22.4 Å². The molecule has 0 saturated carbocycles. The van der Waals surface area contributed by atoms with Crippen molar-refractivity contribution in [3.05, 3.63) is 66.6 Å². The molecule has 1 N–H and O–H groups in total. The number of rotatable bonds is 10. The van der Waals surface area contributed by atoms with Crippen LogP contribution >= 0.6 is 46.4 Å². The molecule has 174 valence electrons. The maximum absolute atomic E-state index is 12.8. The third kappa shape index (κ3) is 7.81. The molecule has 0 saturated heterocycles. The molecule has 0 atom stereocenters. The first-order valence-corrected chi connectivity index (χ1v) is 10.4. The van der Waals surface area contributed by atoms with Gasteiger partial charge < -0.3 is 14.8 Å². The molecule has 32 heavy (non-hydrogen) atoms. The third-order valence-electron chi connectivity index (χ3n) is 3.86. The van der Waals surface area contributed by atoms with Gasteiger partial charge in [0.05, 0.1) is 27.1 Å². The molecule has 0 aliphatic carbocycles. The Morgan fingerprint density at radius 2 is 1.78 bits per heavy atom. The fraction of sp³-hybridized carbons (Fsp3) is 0.263. The van der Waals surface area contributed by atoms with Gasteiger partial charge in [-0.15, -0.1) is 0 Å². The van der Waals surface area contributed by atoms with Gasteiger partial charge in [-0.25, -0.2) is 0 Å². The lowest BCUT2D eigenvalue weighted by molar-refractivity contribution is -0.384. The van der Waals surface area contributed by atoms with Gasteiger partial charge >= 0.3 is 6.18 Å². The summed E-state index contributed by atoms with van der Waals surface area (Å²) in [7, 11) is 0. The molecule has 0 aliphatic rings. The highest BCUT2D eigenvalue weighted by Gasteiger charge is 2.33. The van der Waals surface area contributed by atoms with Crippen LogP contribution in [0.5, 0.6) is 11.5 Å². The zero-order valence-electron chi connectivity index (χ0n) is 16.0. The van der Waals surface area contributed by atoms with Crippen molar-refractivity contribution in [3.63, 3.8) is 0 Å². The molecule has 2 aromatic rings. The number of hydrogen-bond acceptors (Lipinski definition) is 5. The molecular formula is C19H15Cl4F3N2O4. The molecule has 2 rings (SSSR count). The third-order valence-corrected chi connectivity index (χ3v) is 4.73. The Morgan fingerprint density at radius 3 is 2.34 bits per heavy atom. The van der Waals surface area contributed by atoms with Crippen LogP contribution in [-0.4, -0.2) is 24.7 Å². The molecule has 0 fully saturated rings. The molecule has 6 nitrogen and oxygen atoms in total. The van der Waals surface area contributed by atoms with E-state index >= 15 is 0 Å². The Balaban J connectivity index is 1.91. The number of hydrogen-bond donors (Lipinski definition) is 1. The molecule has 13 heteroatoms. The van der Waals surface area contributed by atoms with E-state index in [4.69, 9.17) is 55.9 Å². The number of anilines is 1. The van der Waals surface area contributed by atoms with E-state index in [2.05, 4.69) is 5.32 Å². The summed E-state index contributed by atoms with van der Waals surface area (Å²) >= 11 is 23.3. The highest BCUT2D eigenvalue weighted by Crippen LogP contribution is 2.37. The molecule has 0 unspecified atom stereocenters. The second kappa shape index (κ2) is 11.7. The first-order chi connectivity index (χ1) is 15.0. The maximum Gasteiger partial charge on any atom is 0.416 e. The Morgan fingerprint density at radius 1 is 1.12 bits per heavy atom. The highest BCUT2D eigenvalue weighted by molar-refractivity contribution is 6.55. The Hall–Kier alpha value is -2.07. The Bertz CT molecular complexity index is 976. The van der Waals surface area contributed by atoms with Crippen LogP contribution in [0.25, 0.3) is 0 Å². The molecule has 0 radical (unpaired) electrons. The lowest BCUT2D eigenvalue weighted by atomic mass is 10.1. The molecule has 0 spiro atoms. The molecule has 0 heterocycles. The van der Waals surface area contributed by atoms with E-state index in [1.807, 2.05) is 0 Å². The average Bonchev–Trinajstić information content (AvgIpc) is 2.68. The van der Waals surface area contributed by atoms with Crippen molar-refractivity contribution in [2.75, 3.05) is 25.1 Å². The van der Waals surface area contributed by atoms with Gasteiger partial charge in [0.25, 0.3) is 5.69 Å². The monoisotopic (exact) mass is 532 g/mol. The van der Waals surface area contributed by atoms with Gasteiger partial charge in [0.15, 0.2) is 5.75 Å². The largest absolute Gasteiger partial charge is 0.490 e. The van der Waals surface area contributed by atoms with Crippen LogP contribution in [0.15, 0.2) is 40.9 Å². The second-order valence-electron chi connectivity index (χ2n) is 6.14. The van der Waals surface area contributed by atoms with Gasteiger partial charge in [0.2, 0.25) is 0 Å². The molecule has 0 amide bonds. The van der Waals surface area contributed by atoms with Gasteiger partial charge in [-0.1, -0.05) is 46.4 Å². The van der Waals surface area contributed by atoms with Gasteiger partial charge in [0.1, 0.15) is 22.5 Å². The van der Waals surface area contributed by atoms with E-state index in [-0.39, 0.29) is 45.7 Å². The maximum atomic E-state index is 12.8. The lowest BCUT2D eigenvalue weighted by Gasteiger charge is -2.13. The van der Waals surface area contributed by atoms with Gasteiger partial charge in [-0.3, -0.25) is 10.1 Å². The van der Waals surface area contributed by atoms with Crippen LogP contribution in [0.4, 0.5) is 24.5 Å². The molecule has 0 bridgehead atoms. The van der Waals surface area contributed by atoms with Crippen molar-refractivity contribution in [3.8, 4) is 11.5 Å². The molecular weight excluding hydrogens is 519 g/mol. The minimum Gasteiger partial charge on any atom is -0.490 e. The number of nitrogens with one attached hydrogen (secondary N) is 1. The lowest BCUT2D eigenvalue weighted by Crippen LogP contribution is -2.11. The minimum atomic E-state index is -4.68. The number of ether oxygens (including phenoxy) is 2. The number of benzene rings is 2. The number of nitrogens with zero attached hydrogens (tertiary/aromatic N) is 1. The number of alkyl halides is 3. The van der Waals surface area contributed by atoms with Crippen LogP contribution in [-0.2, 0) is 6.18 Å². The van der Waals surface area contributed by atoms with Gasteiger partial charge in [0, 0.05) is 24.7 Å². The standard InChI is InChI=1S/C19H15Cl4F3N2O4/c20-13-9-12(31-7-4-17(22)23)10-14(21)18(13)32-6-1-5-27-15-3-2-11(19(24,25)26)8-16(15)28(29)30/h2-4,8-10,27H,1,5-7H2. The molecule has 2 aromatic carbocycles. The first-order valence-electron chi connectivity index (χ1n) is 8.84. The van der Waals surface area contributed by atoms with E-state index in [0.29, 0.717) is 18.2 Å². The smallest absolute Gasteiger partial charge is 0.416 e. The average molecular weight is 534 g/mol. The Labute approximate surface area is 200 Å². The van der Waals surface area contributed by atoms with Crippen molar-refractivity contribution in [2.45, 2.75) is 12.6 Å². The summed E-state index contributed by atoms with van der Waals surface area (Å²) < 4.78 is 49.3. The fourth-order valence-electron chi connectivity index (χ4n) is 2.44. The quantitative estimate of drug-likeness (QED) is 0.194. The van der Waals surface area contributed by atoms with E-state index in [0.717, 1.165) is 12.1 Å². The number of nitro benzene ring substituents is 1. The van der Waals surface area contributed by atoms with Crippen molar-refractivity contribution in [2.24, 2.45) is 0 Å². The van der Waals surface area contributed by atoms with Crippen LogP contribution in [0, 0.1) is 10.1 Å². The van der Waals surface area contributed by atoms with Crippen LogP contribution < -0.4 is 14.8 Å². The summed E-state index contributed by atoms with van der Waals surface area (Å²) in [6.45, 7) is 0.427. The van der Waals surface area contributed by atoms with Crippen molar-refractivity contribution < 1.29 is 27.6 Å². The van der Waals surface area contributed by atoms with E-state index in [1.54, 1.807) is 0 Å². The van der Waals surface area contributed by atoms with Crippen molar-refractivity contribution in [1.82, 2.24) is 0 Å². The first kappa shape index (κ1) is 26.2. The second-order valence-corrected chi connectivity index (χ2v) is 7.96. The summed E-state index contributed by atoms with van der Waals surface area (Å²) in [6.07, 6.45) is -2.89. The van der Waals surface area contributed by atoms with Crippen LogP contribution in [0.2, 0.25) is 10.0 Å². The zero-order chi connectivity index (χ0) is 23.9. The predicted molar refractivity (Wildman–Crippen MR) is 118 cm³/mol. The Kier molecular flexibility index (Phi) is 9.57. The summed E-state index contributed by atoms with van der Waals surface area (Å²) in [6, 6.07) is 5.25. The van der Waals surface area contributed by atoms with E-state index in [1.165, 1.54) is 18.2 Å². The SMILES string of the molecule is O=[N+]([O-])c1cc(C(F)(F)F)ccc1NCCCOc1c(Cl)cc(OCC=C(Cl)Cl)cc1Cl. The predicted octanol–water partition coefficient (Wildman–Crippen LogP) is 7.50. The van der Waals surface area contributed by atoms with Gasteiger partial charge in [-0.2, -0.15) is 13.2 Å². The number of nitro groups is 1. The summed E-state index contributed by atoms with van der Waals surface area (Å²) in [5.74, 6) is 0.585. The summed E-state index contributed by atoms with van der Waals surface area (Å²) in [5, 5.41) is 14.2. The topological polar surface area (TPSA) is 73.6 Å². The van der Waals surface area contributed by atoms with Crippen LogP contribution in [0.1, 0.15) is 12.0 Å². The fourth-order valence-corrected chi connectivity index (χ4v) is 3.14. The van der Waals surface area contributed by atoms with Crippen LogP contribution in [0.3, 0.4) is 0 Å². The van der Waals surface area contributed by atoms with Crippen molar-refractivity contribution in [1.29, 1.82) is 0 Å². The van der Waals surface area contributed by atoms with Gasteiger partial charge in [-0.05, 0) is 24.6 Å².